The number of carbonyl (C=O) groups excluding carboxylic acids is 1. The van der Waals surface area contributed by atoms with Crippen molar-refractivity contribution in [3.63, 3.8) is 0 Å². The van der Waals surface area contributed by atoms with Gasteiger partial charge in [0.2, 0.25) is 0 Å². The Morgan fingerprint density at radius 3 is 2.80 bits per heavy atom. The van der Waals surface area contributed by atoms with Gasteiger partial charge in [0.05, 0.1) is 0 Å². The van der Waals surface area contributed by atoms with Crippen molar-refractivity contribution in [2.24, 2.45) is 0 Å². The lowest BCUT2D eigenvalue weighted by atomic mass is 10.2. The number of aryl methyl sites for hydroxylation is 1. The van der Waals surface area contributed by atoms with Gasteiger partial charge in [0, 0.05) is 24.9 Å². The minimum absolute atomic E-state index is 0.0651. The number of benzene rings is 1. The van der Waals surface area contributed by atoms with Crippen molar-refractivity contribution >= 4 is 28.5 Å². The normalized spacial score (nSPS) is 10.9. The van der Waals surface area contributed by atoms with Gasteiger partial charge in [-0.25, -0.2) is 0 Å². The highest BCUT2D eigenvalue weighted by Gasteiger charge is 2.16. The van der Waals surface area contributed by atoms with Gasteiger partial charge < -0.3 is 9.32 Å². The van der Waals surface area contributed by atoms with Crippen molar-refractivity contribution in [1.29, 1.82) is 0 Å². The first-order valence-corrected chi connectivity index (χ1v) is 7.47. The van der Waals surface area contributed by atoms with Crippen molar-refractivity contribution in [3.8, 4) is 0 Å². The molecule has 1 aromatic heterocycles. The van der Waals surface area contributed by atoms with E-state index in [1.165, 1.54) is 0 Å². The maximum absolute atomic E-state index is 12.3. The summed E-state index contributed by atoms with van der Waals surface area (Å²) >= 11 is 5.64. The van der Waals surface area contributed by atoms with Gasteiger partial charge in [-0.05, 0) is 38.0 Å². The van der Waals surface area contributed by atoms with Crippen LogP contribution in [0.1, 0.15) is 35.4 Å². The second kappa shape index (κ2) is 6.80. The Bertz CT molecular complexity index is 591. The first kappa shape index (κ1) is 14.9. The lowest BCUT2D eigenvalue weighted by Crippen LogP contribution is -2.27. The van der Waals surface area contributed by atoms with Crippen molar-refractivity contribution < 1.29 is 9.21 Å². The van der Waals surface area contributed by atoms with Crippen molar-refractivity contribution in [2.75, 3.05) is 19.5 Å². The Kier molecular flexibility index (Phi) is 5.07. The smallest absolute Gasteiger partial charge is 0.289 e. The molecule has 20 heavy (non-hydrogen) atoms. The van der Waals surface area contributed by atoms with Crippen LogP contribution in [0, 0.1) is 6.92 Å². The third kappa shape index (κ3) is 3.54. The van der Waals surface area contributed by atoms with Crippen LogP contribution >= 0.6 is 11.6 Å². The number of alkyl halides is 1. The fourth-order valence-corrected chi connectivity index (χ4v) is 2.37. The molecule has 4 heteroatoms. The average Bonchev–Trinajstić information content (AvgIpc) is 2.85. The van der Waals surface area contributed by atoms with Crippen LogP contribution in [0.3, 0.4) is 0 Å². The molecule has 0 aliphatic heterocycles. The first-order valence-electron chi connectivity index (χ1n) is 6.93. The monoisotopic (exact) mass is 293 g/mol. The third-order valence-electron chi connectivity index (χ3n) is 3.36. The minimum atomic E-state index is -0.0651. The largest absolute Gasteiger partial charge is 0.451 e. The van der Waals surface area contributed by atoms with E-state index in [0.717, 1.165) is 42.3 Å². The van der Waals surface area contributed by atoms with Crippen molar-refractivity contribution in [2.45, 2.75) is 26.2 Å². The summed E-state index contributed by atoms with van der Waals surface area (Å²) in [6.07, 6.45) is 3.00. The van der Waals surface area contributed by atoms with Crippen LogP contribution in [-0.2, 0) is 0 Å². The summed E-state index contributed by atoms with van der Waals surface area (Å²) in [5.41, 5.74) is 1.92. The second-order valence-corrected chi connectivity index (χ2v) is 5.51. The molecule has 1 heterocycles. The molecule has 1 amide bonds. The Balaban J connectivity index is 2.03. The summed E-state index contributed by atoms with van der Waals surface area (Å²) in [7, 11) is 1.81. The molecular weight excluding hydrogens is 274 g/mol. The average molecular weight is 294 g/mol. The molecule has 0 N–H and O–H groups in total. The summed E-state index contributed by atoms with van der Waals surface area (Å²) in [5, 5.41) is 0.976. The molecule has 1 aromatic carbocycles. The van der Waals surface area contributed by atoms with E-state index in [2.05, 4.69) is 0 Å². The van der Waals surface area contributed by atoms with Gasteiger partial charge >= 0.3 is 0 Å². The molecule has 0 saturated carbocycles. The van der Waals surface area contributed by atoms with Crippen LogP contribution in [0.15, 0.2) is 28.7 Å². The number of fused-ring (bicyclic) bond motifs is 1. The molecule has 0 aliphatic rings. The summed E-state index contributed by atoms with van der Waals surface area (Å²) in [6.45, 7) is 2.75. The maximum Gasteiger partial charge on any atom is 0.289 e. The Morgan fingerprint density at radius 1 is 1.25 bits per heavy atom. The zero-order valence-electron chi connectivity index (χ0n) is 12.0. The lowest BCUT2D eigenvalue weighted by molar-refractivity contribution is 0.0763. The Hall–Kier alpha value is -1.48. The zero-order valence-corrected chi connectivity index (χ0v) is 12.7. The Labute approximate surface area is 124 Å². The third-order valence-corrected chi connectivity index (χ3v) is 3.62. The molecule has 0 bridgehead atoms. The molecule has 108 valence electrons. The van der Waals surface area contributed by atoms with E-state index >= 15 is 0 Å². The van der Waals surface area contributed by atoms with E-state index < -0.39 is 0 Å². The van der Waals surface area contributed by atoms with Crippen LogP contribution in [0.5, 0.6) is 0 Å². The first-order chi connectivity index (χ1) is 9.61. The number of carbonyl (C=O) groups is 1. The molecule has 0 atom stereocenters. The van der Waals surface area contributed by atoms with Crippen LogP contribution in [0.2, 0.25) is 0 Å². The van der Waals surface area contributed by atoms with E-state index in [-0.39, 0.29) is 5.91 Å². The van der Waals surface area contributed by atoms with Gasteiger partial charge in [-0.2, -0.15) is 0 Å². The SMILES string of the molecule is Cc1ccc2oc(C(=O)N(C)CCCCCCl)cc2c1. The van der Waals surface area contributed by atoms with Crippen molar-refractivity contribution in [3.05, 3.63) is 35.6 Å². The molecule has 0 saturated heterocycles. The van der Waals surface area contributed by atoms with Gasteiger partial charge in [-0.15, -0.1) is 11.6 Å². The fraction of sp³-hybridized carbons (Fsp3) is 0.438. The summed E-state index contributed by atoms with van der Waals surface area (Å²) in [4.78, 5) is 14.0. The number of amides is 1. The van der Waals surface area contributed by atoms with Gasteiger partial charge in [0.1, 0.15) is 5.58 Å². The van der Waals surface area contributed by atoms with E-state index in [1.54, 1.807) is 4.90 Å². The lowest BCUT2D eigenvalue weighted by Gasteiger charge is -2.15. The number of hydrogen-bond acceptors (Lipinski definition) is 2. The second-order valence-electron chi connectivity index (χ2n) is 5.13. The van der Waals surface area contributed by atoms with Gasteiger partial charge in [-0.1, -0.05) is 18.1 Å². The predicted molar refractivity (Wildman–Crippen MR) is 82.5 cm³/mol. The van der Waals surface area contributed by atoms with Gasteiger partial charge in [-0.3, -0.25) is 4.79 Å². The standard InChI is InChI=1S/C16H20ClNO2/c1-12-6-7-14-13(10-12)11-15(20-14)16(19)18(2)9-5-3-4-8-17/h6-7,10-11H,3-5,8-9H2,1-2H3. The van der Waals surface area contributed by atoms with Gasteiger partial charge in [0.15, 0.2) is 5.76 Å². The maximum atomic E-state index is 12.3. The predicted octanol–water partition coefficient (Wildman–Crippen LogP) is 4.22. The number of unbranched alkanes of at least 4 members (excludes halogenated alkanes) is 2. The molecule has 3 nitrogen and oxygen atoms in total. The number of hydrogen-bond donors (Lipinski definition) is 0. The van der Waals surface area contributed by atoms with Crippen LogP contribution < -0.4 is 0 Å². The van der Waals surface area contributed by atoms with Crippen LogP contribution in [-0.4, -0.2) is 30.3 Å². The number of furan rings is 1. The summed E-state index contributed by atoms with van der Waals surface area (Å²) in [5.74, 6) is 1.02. The number of halogens is 1. The highest BCUT2D eigenvalue weighted by Crippen LogP contribution is 2.21. The molecule has 0 spiro atoms. The summed E-state index contributed by atoms with van der Waals surface area (Å²) < 4.78 is 5.62. The van der Waals surface area contributed by atoms with Crippen molar-refractivity contribution in [1.82, 2.24) is 4.90 Å². The summed E-state index contributed by atoms with van der Waals surface area (Å²) in [6, 6.07) is 7.73. The quantitative estimate of drug-likeness (QED) is 0.590. The zero-order chi connectivity index (χ0) is 14.5. The minimum Gasteiger partial charge on any atom is -0.451 e. The van der Waals surface area contributed by atoms with E-state index in [4.69, 9.17) is 16.0 Å². The van der Waals surface area contributed by atoms with Crippen LogP contribution in [0.4, 0.5) is 0 Å². The fourth-order valence-electron chi connectivity index (χ4n) is 2.18. The van der Waals surface area contributed by atoms with Crippen LogP contribution in [0.25, 0.3) is 11.0 Å². The number of rotatable bonds is 6. The van der Waals surface area contributed by atoms with Gasteiger partial charge in [0.25, 0.3) is 5.91 Å². The van der Waals surface area contributed by atoms with E-state index in [9.17, 15) is 4.79 Å². The molecule has 2 rings (SSSR count). The molecular formula is C16H20ClNO2. The molecule has 0 unspecified atom stereocenters. The molecule has 2 aromatic rings. The molecule has 0 radical (unpaired) electrons. The topological polar surface area (TPSA) is 33.5 Å². The molecule has 0 aliphatic carbocycles. The highest BCUT2D eigenvalue weighted by molar-refractivity contribution is 6.17. The number of nitrogens with zero attached hydrogens (tertiary/aromatic N) is 1. The van der Waals surface area contributed by atoms with E-state index in [0.29, 0.717) is 11.6 Å². The highest BCUT2D eigenvalue weighted by atomic mass is 35.5. The molecule has 0 fully saturated rings. The van der Waals surface area contributed by atoms with E-state index in [1.807, 2.05) is 38.2 Å². The Morgan fingerprint density at radius 2 is 2.05 bits per heavy atom.